The largest absolute Gasteiger partial charge is 0.380 e. The van der Waals surface area contributed by atoms with Crippen molar-refractivity contribution in [1.29, 1.82) is 0 Å². The standard InChI is InChI=1S/C14H16N4O/c1-19-10-12-8-15-7-11-9-18(6-3-13(11)12)14-16-4-2-5-17-14/h2,4-5,7-8H,3,6,9-10H2,1H3. The van der Waals surface area contributed by atoms with Crippen molar-refractivity contribution in [1.82, 2.24) is 15.0 Å². The van der Waals surface area contributed by atoms with Gasteiger partial charge in [-0.25, -0.2) is 9.97 Å². The fourth-order valence-corrected chi connectivity index (χ4v) is 2.47. The summed E-state index contributed by atoms with van der Waals surface area (Å²) in [6.45, 7) is 2.36. The second kappa shape index (κ2) is 5.32. The minimum Gasteiger partial charge on any atom is -0.380 e. The minimum absolute atomic E-state index is 0.623. The lowest BCUT2D eigenvalue weighted by molar-refractivity contribution is 0.183. The number of methoxy groups -OCH3 is 1. The van der Waals surface area contributed by atoms with Gasteiger partial charge in [0.05, 0.1) is 6.61 Å². The minimum atomic E-state index is 0.623. The molecule has 0 N–H and O–H groups in total. The van der Waals surface area contributed by atoms with Gasteiger partial charge in [0.2, 0.25) is 5.95 Å². The summed E-state index contributed by atoms with van der Waals surface area (Å²) in [5.74, 6) is 0.783. The van der Waals surface area contributed by atoms with Crippen LogP contribution in [-0.4, -0.2) is 28.6 Å². The summed E-state index contributed by atoms with van der Waals surface area (Å²) in [5.41, 5.74) is 3.80. The van der Waals surface area contributed by atoms with Gasteiger partial charge in [0.25, 0.3) is 0 Å². The van der Waals surface area contributed by atoms with Crippen molar-refractivity contribution in [3.8, 4) is 0 Å². The number of pyridine rings is 1. The summed E-state index contributed by atoms with van der Waals surface area (Å²) in [5, 5.41) is 0. The van der Waals surface area contributed by atoms with Crippen molar-refractivity contribution >= 4 is 5.95 Å². The maximum atomic E-state index is 5.23. The van der Waals surface area contributed by atoms with Crippen LogP contribution in [0.2, 0.25) is 0 Å². The Balaban J connectivity index is 1.87. The molecule has 0 aromatic carbocycles. The molecule has 0 aliphatic carbocycles. The second-order valence-corrected chi connectivity index (χ2v) is 4.59. The average molecular weight is 256 g/mol. The Bertz CT molecular complexity index is 559. The highest BCUT2D eigenvalue weighted by Gasteiger charge is 2.20. The molecule has 19 heavy (non-hydrogen) atoms. The Morgan fingerprint density at radius 1 is 1.26 bits per heavy atom. The van der Waals surface area contributed by atoms with Crippen LogP contribution in [-0.2, 0) is 24.3 Å². The molecule has 0 fully saturated rings. The van der Waals surface area contributed by atoms with Gasteiger partial charge in [-0.2, -0.15) is 0 Å². The number of rotatable bonds is 3. The normalized spacial score (nSPS) is 14.3. The van der Waals surface area contributed by atoms with Crippen LogP contribution in [0.3, 0.4) is 0 Å². The summed E-state index contributed by atoms with van der Waals surface area (Å²) in [4.78, 5) is 15.1. The number of anilines is 1. The quantitative estimate of drug-likeness (QED) is 0.834. The highest BCUT2D eigenvalue weighted by Crippen LogP contribution is 2.24. The van der Waals surface area contributed by atoms with E-state index in [9.17, 15) is 0 Å². The van der Waals surface area contributed by atoms with Gasteiger partial charge in [0.15, 0.2) is 0 Å². The highest BCUT2D eigenvalue weighted by atomic mass is 16.5. The molecule has 0 saturated heterocycles. The number of aromatic nitrogens is 3. The number of hydrogen-bond donors (Lipinski definition) is 0. The first-order valence-corrected chi connectivity index (χ1v) is 6.34. The Morgan fingerprint density at radius 3 is 2.89 bits per heavy atom. The van der Waals surface area contributed by atoms with Crippen molar-refractivity contribution in [3.63, 3.8) is 0 Å². The van der Waals surface area contributed by atoms with Crippen molar-refractivity contribution in [3.05, 3.63) is 47.5 Å². The second-order valence-electron chi connectivity index (χ2n) is 4.59. The van der Waals surface area contributed by atoms with E-state index in [-0.39, 0.29) is 0 Å². The molecular formula is C14H16N4O. The van der Waals surface area contributed by atoms with Crippen LogP contribution < -0.4 is 4.90 Å². The highest BCUT2D eigenvalue weighted by molar-refractivity contribution is 5.41. The monoisotopic (exact) mass is 256 g/mol. The number of fused-ring (bicyclic) bond motifs is 1. The first-order chi connectivity index (χ1) is 9.38. The average Bonchev–Trinajstić information content (AvgIpc) is 2.48. The van der Waals surface area contributed by atoms with Crippen LogP contribution in [0.25, 0.3) is 0 Å². The first kappa shape index (κ1) is 12.0. The van der Waals surface area contributed by atoms with Crippen molar-refractivity contribution in [2.75, 3.05) is 18.6 Å². The van der Waals surface area contributed by atoms with E-state index in [2.05, 4.69) is 19.9 Å². The van der Waals surface area contributed by atoms with Gasteiger partial charge in [-0.1, -0.05) is 0 Å². The molecule has 1 aliphatic rings. The van der Waals surface area contributed by atoms with E-state index in [1.165, 1.54) is 16.7 Å². The van der Waals surface area contributed by atoms with Crippen LogP contribution in [0.4, 0.5) is 5.95 Å². The molecule has 0 spiro atoms. The van der Waals surface area contributed by atoms with Crippen molar-refractivity contribution in [2.45, 2.75) is 19.6 Å². The van der Waals surface area contributed by atoms with Crippen LogP contribution >= 0.6 is 0 Å². The topological polar surface area (TPSA) is 51.1 Å². The molecule has 0 saturated carbocycles. The molecule has 0 unspecified atom stereocenters. The molecule has 3 rings (SSSR count). The zero-order chi connectivity index (χ0) is 13.1. The molecule has 2 aromatic rings. The summed E-state index contributed by atoms with van der Waals surface area (Å²) < 4.78 is 5.23. The molecule has 98 valence electrons. The Morgan fingerprint density at radius 2 is 2.11 bits per heavy atom. The van der Waals surface area contributed by atoms with E-state index in [1.54, 1.807) is 19.5 Å². The predicted octanol–water partition coefficient (Wildman–Crippen LogP) is 1.58. The summed E-state index contributed by atoms with van der Waals surface area (Å²) in [6, 6.07) is 1.83. The molecule has 0 radical (unpaired) electrons. The molecule has 0 atom stereocenters. The molecule has 3 heterocycles. The lowest BCUT2D eigenvalue weighted by atomic mass is 9.98. The molecule has 0 bridgehead atoms. The van der Waals surface area contributed by atoms with E-state index in [4.69, 9.17) is 4.74 Å². The van der Waals surface area contributed by atoms with E-state index >= 15 is 0 Å². The van der Waals surface area contributed by atoms with Gasteiger partial charge in [-0.3, -0.25) is 4.98 Å². The molecular weight excluding hydrogens is 240 g/mol. The van der Waals surface area contributed by atoms with Gasteiger partial charge in [-0.15, -0.1) is 0 Å². The number of ether oxygens (including phenoxy) is 1. The van der Waals surface area contributed by atoms with Gasteiger partial charge < -0.3 is 9.64 Å². The van der Waals surface area contributed by atoms with Crippen LogP contribution in [0.15, 0.2) is 30.9 Å². The number of nitrogens with zero attached hydrogens (tertiary/aromatic N) is 4. The lowest BCUT2D eigenvalue weighted by Gasteiger charge is -2.29. The van der Waals surface area contributed by atoms with Gasteiger partial charge in [0, 0.05) is 45.0 Å². The molecule has 2 aromatic heterocycles. The third-order valence-corrected chi connectivity index (χ3v) is 3.36. The summed E-state index contributed by atoms with van der Waals surface area (Å²) in [6.07, 6.45) is 8.37. The molecule has 1 aliphatic heterocycles. The van der Waals surface area contributed by atoms with Gasteiger partial charge in [-0.05, 0) is 29.2 Å². The van der Waals surface area contributed by atoms with Crippen LogP contribution in [0.5, 0.6) is 0 Å². The smallest absolute Gasteiger partial charge is 0.225 e. The maximum absolute atomic E-state index is 5.23. The third-order valence-electron chi connectivity index (χ3n) is 3.36. The lowest BCUT2D eigenvalue weighted by Crippen LogP contribution is -2.32. The third kappa shape index (κ3) is 2.42. The molecule has 5 heteroatoms. The fourth-order valence-electron chi connectivity index (χ4n) is 2.47. The fraction of sp³-hybridized carbons (Fsp3) is 0.357. The summed E-state index contributed by atoms with van der Waals surface area (Å²) in [7, 11) is 1.71. The van der Waals surface area contributed by atoms with E-state index < -0.39 is 0 Å². The van der Waals surface area contributed by atoms with E-state index in [0.717, 1.165) is 25.5 Å². The van der Waals surface area contributed by atoms with Crippen molar-refractivity contribution < 1.29 is 4.74 Å². The van der Waals surface area contributed by atoms with Gasteiger partial charge >= 0.3 is 0 Å². The zero-order valence-corrected chi connectivity index (χ0v) is 10.9. The Labute approximate surface area is 112 Å². The molecule has 5 nitrogen and oxygen atoms in total. The SMILES string of the molecule is COCc1cncc2c1CCN(c1ncccn1)C2. The van der Waals surface area contributed by atoms with E-state index in [0.29, 0.717) is 6.61 Å². The van der Waals surface area contributed by atoms with Gasteiger partial charge in [0.1, 0.15) is 0 Å². The van der Waals surface area contributed by atoms with Crippen LogP contribution in [0, 0.1) is 0 Å². The zero-order valence-electron chi connectivity index (χ0n) is 10.9. The predicted molar refractivity (Wildman–Crippen MR) is 71.7 cm³/mol. The van der Waals surface area contributed by atoms with Crippen molar-refractivity contribution in [2.24, 2.45) is 0 Å². The summed E-state index contributed by atoms with van der Waals surface area (Å²) >= 11 is 0. The molecule has 0 amide bonds. The maximum Gasteiger partial charge on any atom is 0.225 e. The van der Waals surface area contributed by atoms with Crippen LogP contribution in [0.1, 0.15) is 16.7 Å². The Kier molecular flexibility index (Phi) is 3.37. The first-order valence-electron chi connectivity index (χ1n) is 6.34. The Hall–Kier alpha value is -2.01. The van der Waals surface area contributed by atoms with E-state index in [1.807, 2.05) is 18.5 Å². The number of hydrogen-bond acceptors (Lipinski definition) is 5.